The van der Waals surface area contributed by atoms with E-state index in [4.69, 9.17) is 18.6 Å². The van der Waals surface area contributed by atoms with E-state index >= 15 is 0 Å². The molecule has 0 aliphatic carbocycles. The first-order chi connectivity index (χ1) is 15.1. The summed E-state index contributed by atoms with van der Waals surface area (Å²) in [6.07, 6.45) is 3.67. The van der Waals surface area contributed by atoms with Crippen molar-refractivity contribution in [3.8, 4) is 17.2 Å². The Balaban J connectivity index is 1.11. The van der Waals surface area contributed by atoms with Crippen molar-refractivity contribution in [2.75, 3.05) is 40.6 Å². The fourth-order valence-corrected chi connectivity index (χ4v) is 4.28. The van der Waals surface area contributed by atoms with Crippen LogP contribution in [-0.2, 0) is 13.0 Å². The zero-order valence-corrected chi connectivity index (χ0v) is 17.8. The van der Waals surface area contributed by atoms with Gasteiger partial charge in [-0.1, -0.05) is 0 Å². The van der Waals surface area contributed by atoms with Gasteiger partial charge in [-0.15, -0.1) is 0 Å². The summed E-state index contributed by atoms with van der Waals surface area (Å²) >= 11 is 0. The van der Waals surface area contributed by atoms with Gasteiger partial charge in [0.05, 0.1) is 13.4 Å². The molecule has 2 aliphatic heterocycles. The quantitative estimate of drug-likeness (QED) is 0.552. The van der Waals surface area contributed by atoms with Gasteiger partial charge in [-0.2, -0.15) is 0 Å². The van der Waals surface area contributed by atoms with Crippen molar-refractivity contribution in [2.24, 2.45) is 0 Å². The number of carbonyl (C=O) groups is 1. The molecule has 3 aromatic rings. The van der Waals surface area contributed by atoms with E-state index in [1.54, 1.807) is 7.11 Å². The third kappa shape index (κ3) is 3.81. The van der Waals surface area contributed by atoms with Crippen molar-refractivity contribution in [2.45, 2.75) is 19.4 Å². The summed E-state index contributed by atoms with van der Waals surface area (Å²) in [6, 6.07) is 9.68. The minimum atomic E-state index is 0.0799. The molecule has 5 rings (SSSR count). The number of nitrogens with zero attached hydrogens (tertiary/aromatic N) is 2. The van der Waals surface area contributed by atoms with Crippen LogP contribution in [0, 0.1) is 0 Å². The Labute approximate surface area is 181 Å². The van der Waals surface area contributed by atoms with Gasteiger partial charge in [0.15, 0.2) is 11.5 Å². The lowest BCUT2D eigenvalue weighted by molar-refractivity contribution is 0.0771. The average molecular weight is 422 g/mol. The number of hydrogen-bond acceptors (Lipinski definition) is 6. The number of rotatable bonds is 8. The van der Waals surface area contributed by atoms with E-state index in [2.05, 4.69) is 18.0 Å². The first-order valence-corrected chi connectivity index (χ1v) is 10.6. The van der Waals surface area contributed by atoms with Gasteiger partial charge in [0, 0.05) is 36.7 Å². The maximum absolute atomic E-state index is 12.7. The van der Waals surface area contributed by atoms with Crippen molar-refractivity contribution in [3.05, 3.63) is 53.3 Å². The molecule has 0 bridgehead atoms. The molecular formula is C24H26N2O5. The number of amides is 1. The monoisotopic (exact) mass is 422 g/mol. The topological polar surface area (TPSA) is 64.4 Å². The van der Waals surface area contributed by atoms with Gasteiger partial charge in [0.25, 0.3) is 5.91 Å². The first kappa shape index (κ1) is 19.8. The molecule has 0 atom stereocenters. The summed E-state index contributed by atoms with van der Waals surface area (Å²) < 4.78 is 21.8. The highest BCUT2D eigenvalue weighted by Gasteiger charge is 2.30. The largest absolute Gasteiger partial charge is 0.497 e. The van der Waals surface area contributed by atoms with E-state index < -0.39 is 0 Å². The van der Waals surface area contributed by atoms with E-state index in [1.807, 2.05) is 35.4 Å². The molecule has 0 N–H and O–H groups in total. The van der Waals surface area contributed by atoms with Crippen molar-refractivity contribution in [1.29, 1.82) is 0 Å². The van der Waals surface area contributed by atoms with Gasteiger partial charge >= 0.3 is 0 Å². The molecule has 2 aromatic carbocycles. The SMILES string of the molecule is COc1ccc2c(CCN(C)CCCN3Cc4cc5c(cc4C3=O)OCO5)coc2c1. The fourth-order valence-electron chi connectivity index (χ4n) is 4.28. The average Bonchev–Trinajstić information content (AvgIpc) is 3.48. The molecule has 0 spiro atoms. The number of carbonyl (C=O) groups excluding carboxylic acids is 1. The normalized spacial score (nSPS) is 14.7. The predicted octanol–water partition coefficient (Wildman–Crippen LogP) is 3.69. The Morgan fingerprint density at radius 2 is 1.97 bits per heavy atom. The molecule has 3 heterocycles. The fraction of sp³-hybridized carbons (Fsp3) is 0.375. The molecule has 162 valence electrons. The van der Waals surface area contributed by atoms with E-state index in [-0.39, 0.29) is 12.7 Å². The van der Waals surface area contributed by atoms with Crippen LogP contribution >= 0.6 is 0 Å². The van der Waals surface area contributed by atoms with Crippen LogP contribution in [0.25, 0.3) is 11.0 Å². The minimum absolute atomic E-state index is 0.0799. The molecular weight excluding hydrogens is 396 g/mol. The van der Waals surface area contributed by atoms with Gasteiger partial charge in [-0.25, -0.2) is 0 Å². The Morgan fingerprint density at radius 1 is 1.13 bits per heavy atom. The zero-order valence-electron chi connectivity index (χ0n) is 17.8. The Morgan fingerprint density at radius 3 is 2.81 bits per heavy atom. The lowest BCUT2D eigenvalue weighted by atomic mass is 10.1. The lowest BCUT2D eigenvalue weighted by Gasteiger charge is -2.20. The van der Waals surface area contributed by atoms with Crippen LogP contribution in [0.3, 0.4) is 0 Å². The van der Waals surface area contributed by atoms with Gasteiger partial charge in [0.2, 0.25) is 6.79 Å². The maximum atomic E-state index is 12.7. The van der Waals surface area contributed by atoms with Gasteiger partial charge in [0.1, 0.15) is 11.3 Å². The molecule has 1 amide bonds. The zero-order chi connectivity index (χ0) is 21.4. The summed E-state index contributed by atoms with van der Waals surface area (Å²) in [5, 5.41) is 1.13. The first-order valence-electron chi connectivity index (χ1n) is 10.6. The van der Waals surface area contributed by atoms with Crippen molar-refractivity contribution in [1.82, 2.24) is 9.80 Å². The highest BCUT2D eigenvalue weighted by molar-refractivity contribution is 5.99. The number of methoxy groups -OCH3 is 1. The van der Waals surface area contributed by atoms with Crippen LogP contribution in [0.4, 0.5) is 0 Å². The van der Waals surface area contributed by atoms with Crippen molar-refractivity contribution in [3.63, 3.8) is 0 Å². The molecule has 1 aromatic heterocycles. The van der Waals surface area contributed by atoms with Crippen LogP contribution < -0.4 is 14.2 Å². The number of fused-ring (bicyclic) bond motifs is 3. The van der Waals surface area contributed by atoms with Crippen LogP contribution in [0.2, 0.25) is 0 Å². The van der Waals surface area contributed by atoms with E-state index in [0.29, 0.717) is 12.3 Å². The van der Waals surface area contributed by atoms with E-state index in [0.717, 1.165) is 66.1 Å². The molecule has 0 radical (unpaired) electrons. The van der Waals surface area contributed by atoms with Crippen molar-refractivity contribution >= 4 is 16.9 Å². The van der Waals surface area contributed by atoms with Gasteiger partial charge in [-0.05, 0) is 61.8 Å². The molecule has 0 unspecified atom stereocenters. The smallest absolute Gasteiger partial charge is 0.254 e. The summed E-state index contributed by atoms with van der Waals surface area (Å²) in [5.74, 6) is 2.28. The molecule has 7 heteroatoms. The molecule has 7 nitrogen and oxygen atoms in total. The summed E-state index contributed by atoms with van der Waals surface area (Å²) in [6.45, 7) is 3.45. The van der Waals surface area contributed by atoms with Crippen LogP contribution in [-0.4, -0.2) is 56.3 Å². The molecule has 31 heavy (non-hydrogen) atoms. The number of likely N-dealkylation sites (N-methyl/N-ethyl adjacent to an activating group) is 1. The van der Waals surface area contributed by atoms with Gasteiger partial charge < -0.3 is 28.4 Å². The highest BCUT2D eigenvalue weighted by atomic mass is 16.7. The third-order valence-electron chi connectivity index (χ3n) is 6.07. The number of ether oxygens (including phenoxy) is 3. The van der Waals surface area contributed by atoms with Crippen LogP contribution in [0.15, 0.2) is 41.0 Å². The second kappa shape index (κ2) is 8.15. The van der Waals surface area contributed by atoms with E-state index in [9.17, 15) is 4.79 Å². The second-order valence-electron chi connectivity index (χ2n) is 8.12. The molecule has 0 fully saturated rings. The lowest BCUT2D eigenvalue weighted by Crippen LogP contribution is -2.29. The molecule has 0 saturated carbocycles. The third-order valence-corrected chi connectivity index (χ3v) is 6.07. The van der Waals surface area contributed by atoms with Crippen LogP contribution in [0.1, 0.15) is 27.9 Å². The summed E-state index contributed by atoms with van der Waals surface area (Å²) in [5.41, 5.74) is 3.81. The summed E-state index contributed by atoms with van der Waals surface area (Å²) in [7, 11) is 3.77. The maximum Gasteiger partial charge on any atom is 0.254 e. The van der Waals surface area contributed by atoms with Gasteiger partial charge in [-0.3, -0.25) is 4.79 Å². The Hall–Kier alpha value is -3.19. The number of benzene rings is 2. The summed E-state index contributed by atoms with van der Waals surface area (Å²) in [4.78, 5) is 16.9. The predicted molar refractivity (Wildman–Crippen MR) is 116 cm³/mol. The Bertz CT molecular complexity index is 1120. The Kier molecular flexibility index (Phi) is 5.19. The minimum Gasteiger partial charge on any atom is -0.497 e. The number of hydrogen-bond donors (Lipinski definition) is 0. The standard InChI is InChI=1S/C24H26N2O5/c1-25(9-6-16-14-29-21-11-18(28-2)4-5-19(16)21)7-3-8-26-13-17-10-22-23(31-15-30-22)12-20(17)24(26)27/h4-5,10-12,14H,3,6-9,13,15H2,1-2H3. The molecule has 2 aliphatic rings. The second-order valence-corrected chi connectivity index (χ2v) is 8.12. The number of furan rings is 1. The van der Waals surface area contributed by atoms with E-state index in [1.165, 1.54) is 5.56 Å². The molecule has 0 saturated heterocycles. The highest BCUT2D eigenvalue weighted by Crippen LogP contribution is 2.38. The van der Waals surface area contributed by atoms with Crippen LogP contribution in [0.5, 0.6) is 17.2 Å². The van der Waals surface area contributed by atoms with Crippen molar-refractivity contribution < 1.29 is 23.4 Å².